The predicted molar refractivity (Wildman–Crippen MR) is 131 cm³/mol. The van der Waals surface area contributed by atoms with Crippen molar-refractivity contribution in [3.05, 3.63) is 74.8 Å². The summed E-state index contributed by atoms with van der Waals surface area (Å²) in [5, 5.41) is 6.18. The number of hydrogen-bond acceptors (Lipinski definition) is 10. The normalized spacial score (nSPS) is 11.8. The SMILES string of the molecule is Cc1noc(Cn2c(=O)c3c(ncn3CC(=O)Nc3cncc(-c4cnc(C(F)(F)F)c(C)c4)n3)n(C)c2=O)n1. The van der Waals surface area contributed by atoms with E-state index in [1.807, 2.05) is 0 Å². The second-order valence-electron chi connectivity index (χ2n) is 8.74. The lowest BCUT2D eigenvalue weighted by Crippen LogP contribution is -2.40. The molecule has 0 saturated heterocycles. The van der Waals surface area contributed by atoms with E-state index in [4.69, 9.17) is 4.52 Å². The van der Waals surface area contributed by atoms with Crippen LogP contribution >= 0.6 is 0 Å². The quantitative estimate of drug-likeness (QED) is 0.323. The zero-order valence-corrected chi connectivity index (χ0v) is 21.1. The number of halogens is 3. The number of anilines is 1. The van der Waals surface area contributed by atoms with E-state index in [1.165, 1.54) is 43.3 Å². The summed E-state index contributed by atoms with van der Waals surface area (Å²) in [4.78, 5) is 58.7. The highest BCUT2D eigenvalue weighted by molar-refractivity contribution is 5.90. The van der Waals surface area contributed by atoms with Crippen LogP contribution in [0.1, 0.15) is 23.0 Å². The molecule has 0 aliphatic carbocycles. The molecule has 206 valence electrons. The van der Waals surface area contributed by atoms with Crippen molar-refractivity contribution in [3.8, 4) is 11.3 Å². The number of aromatic nitrogens is 9. The van der Waals surface area contributed by atoms with Gasteiger partial charge in [0.05, 0.1) is 24.4 Å². The number of nitrogens with one attached hydrogen (secondary N) is 1. The Morgan fingerprint density at radius 3 is 2.55 bits per heavy atom. The Kier molecular flexibility index (Phi) is 6.48. The van der Waals surface area contributed by atoms with Gasteiger partial charge in [-0.15, -0.1) is 0 Å². The first-order valence-electron chi connectivity index (χ1n) is 11.5. The van der Waals surface area contributed by atoms with E-state index < -0.39 is 29.0 Å². The minimum atomic E-state index is -4.59. The first kappa shape index (κ1) is 26.4. The standard InChI is InChI=1S/C23H19F3N10O4/c1-11-4-13(5-28-19(11)23(24,25)26)14-6-27-7-15(31-14)32-16(37)8-35-10-29-20-18(35)21(38)36(22(39)34(20)3)9-17-30-12(2)33-40-17/h4-7,10H,8-9H2,1-3H3,(H,31,32,37). The summed E-state index contributed by atoms with van der Waals surface area (Å²) in [6, 6.07) is 1.27. The molecule has 14 nitrogen and oxygen atoms in total. The van der Waals surface area contributed by atoms with E-state index in [0.29, 0.717) is 5.82 Å². The van der Waals surface area contributed by atoms with Crippen molar-refractivity contribution < 1.29 is 22.5 Å². The van der Waals surface area contributed by atoms with E-state index >= 15 is 0 Å². The molecule has 5 aromatic rings. The fourth-order valence-corrected chi connectivity index (χ4v) is 4.03. The molecule has 5 heterocycles. The van der Waals surface area contributed by atoms with Crippen LogP contribution < -0.4 is 16.6 Å². The average Bonchev–Trinajstić information content (AvgIpc) is 3.50. The van der Waals surface area contributed by atoms with E-state index in [2.05, 4.69) is 35.4 Å². The van der Waals surface area contributed by atoms with Gasteiger partial charge in [0.15, 0.2) is 22.8 Å². The molecule has 0 bridgehead atoms. The van der Waals surface area contributed by atoms with Gasteiger partial charge >= 0.3 is 11.9 Å². The Bertz CT molecular complexity index is 1890. The van der Waals surface area contributed by atoms with E-state index in [0.717, 1.165) is 15.3 Å². The van der Waals surface area contributed by atoms with Gasteiger partial charge in [-0.2, -0.15) is 18.2 Å². The van der Waals surface area contributed by atoms with Crippen molar-refractivity contribution in [3.63, 3.8) is 0 Å². The summed E-state index contributed by atoms with van der Waals surface area (Å²) in [7, 11) is 1.43. The maximum absolute atomic E-state index is 13.2. The largest absolute Gasteiger partial charge is 0.433 e. The van der Waals surface area contributed by atoms with Gasteiger partial charge in [-0.1, -0.05) is 5.16 Å². The topological polar surface area (TPSA) is 169 Å². The number of aryl methyl sites for hydroxylation is 3. The number of hydrogen-bond donors (Lipinski definition) is 1. The molecule has 1 amide bonds. The van der Waals surface area contributed by atoms with Crippen molar-refractivity contribution in [2.45, 2.75) is 33.1 Å². The van der Waals surface area contributed by atoms with Crippen LogP contribution in [-0.2, 0) is 31.1 Å². The number of rotatable bonds is 6. The number of fused-ring (bicyclic) bond motifs is 1. The van der Waals surface area contributed by atoms with Gasteiger partial charge in [-0.05, 0) is 25.5 Å². The first-order valence-corrected chi connectivity index (χ1v) is 11.5. The average molecular weight is 556 g/mol. The first-order chi connectivity index (χ1) is 18.9. The number of carbonyl (C=O) groups is 1. The minimum Gasteiger partial charge on any atom is -0.337 e. The monoisotopic (exact) mass is 556 g/mol. The summed E-state index contributed by atoms with van der Waals surface area (Å²) < 4.78 is 47.5. The zero-order valence-electron chi connectivity index (χ0n) is 21.1. The third kappa shape index (κ3) is 4.95. The number of nitrogens with zero attached hydrogens (tertiary/aromatic N) is 9. The molecule has 5 rings (SSSR count). The van der Waals surface area contributed by atoms with Crippen LogP contribution in [0, 0.1) is 13.8 Å². The van der Waals surface area contributed by atoms with Crippen molar-refractivity contribution in [1.82, 2.24) is 43.8 Å². The van der Waals surface area contributed by atoms with Crippen LogP contribution in [-0.4, -0.2) is 49.7 Å². The van der Waals surface area contributed by atoms with Gasteiger partial charge in [0, 0.05) is 18.8 Å². The maximum Gasteiger partial charge on any atom is 0.433 e. The molecule has 0 aliphatic rings. The molecule has 5 aromatic heterocycles. The molecule has 0 radical (unpaired) electrons. The van der Waals surface area contributed by atoms with Crippen LogP contribution in [0.2, 0.25) is 0 Å². The van der Waals surface area contributed by atoms with Gasteiger partial charge in [-0.25, -0.2) is 19.3 Å². The number of carbonyl (C=O) groups excluding carboxylic acids is 1. The summed E-state index contributed by atoms with van der Waals surface area (Å²) in [5.41, 5.74) is -1.98. The highest BCUT2D eigenvalue weighted by atomic mass is 19.4. The lowest BCUT2D eigenvalue weighted by molar-refractivity contribution is -0.141. The van der Waals surface area contributed by atoms with Crippen LogP contribution in [0.4, 0.5) is 19.0 Å². The fraction of sp³-hybridized carbons (Fsp3) is 0.261. The molecule has 0 spiro atoms. The van der Waals surface area contributed by atoms with Crippen LogP contribution in [0.25, 0.3) is 22.4 Å². The molecule has 0 aliphatic heterocycles. The third-order valence-electron chi connectivity index (χ3n) is 5.82. The molecular formula is C23H19F3N10O4. The third-order valence-corrected chi connectivity index (χ3v) is 5.82. The molecule has 0 saturated carbocycles. The summed E-state index contributed by atoms with van der Waals surface area (Å²) in [6.45, 7) is 2.21. The van der Waals surface area contributed by atoms with E-state index in [-0.39, 0.29) is 52.8 Å². The van der Waals surface area contributed by atoms with Crippen LogP contribution in [0.15, 0.2) is 45.1 Å². The fourth-order valence-electron chi connectivity index (χ4n) is 4.03. The van der Waals surface area contributed by atoms with E-state index in [9.17, 15) is 27.6 Å². The van der Waals surface area contributed by atoms with Crippen molar-refractivity contribution in [1.29, 1.82) is 0 Å². The molecule has 0 fully saturated rings. The van der Waals surface area contributed by atoms with Crippen molar-refractivity contribution in [2.75, 3.05) is 5.32 Å². The summed E-state index contributed by atoms with van der Waals surface area (Å²) in [6.07, 6.45) is 0.236. The highest BCUT2D eigenvalue weighted by Gasteiger charge is 2.34. The number of alkyl halides is 3. The van der Waals surface area contributed by atoms with Crippen molar-refractivity contribution in [2.24, 2.45) is 7.05 Å². The van der Waals surface area contributed by atoms with Gasteiger partial charge in [0.25, 0.3) is 5.56 Å². The second-order valence-corrected chi connectivity index (χ2v) is 8.74. The number of pyridine rings is 1. The Hall–Kier alpha value is -5.22. The Morgan fingerprint density at radius 1 is 1.10 bits per heavy atom. The molecule has 0 aromatic carbocycles. The minimum absolute atomic E-state index is 0.0142. The van der Waals surface area contributed by atoms with E-state index in [1.54, 1.807) is 6.92 Å². The molecular weight excluding hydrogens is 537 g/mol. The zero-order chi connectivity index (χ0) is 28.8. The summed E-state index contributed by atoms with van der Waals surface area (Å²) in [5.74, 6) is -0.211. The van der Waals surface area contributed by atoms with Crippen LogP contribution in [0.5, 0.6) is 0 Å². The molecule has 0 unspecified atom stereocenters. The number of amides is 1. The molecule has 1 N–H and O–H groups in total. The van der Waals surface area contributed by atoms with Gasteiger partial charge in [0.2, 0.25) is 11.8 Å². The van der Waals surface area contributed by atoms with Crippen LogP contribution in [0.3, 0.4) is 0 Å². The van der Waals surface area contributed by atoms with Gasteiger partial charge in [-0.3, -0.25) is 24.1 Å². The Balaban J connectivity index is 1.40. The Morgan fingerprint density at radius 2 is 1.88 bits per heavy atom. The van der Waals surface area contributed by atoms with Gasteiger partial charge < -0.3 is 14.4 Å². The number of imidazole rings is 1. The Labute approximate surface area is 221 Å². The second kappa shape index (κ2) is 9.83. The maximum atomic E-state index is 13.2. The molecule has 0 atom stereocenters. The molecule has 40 heavy (non-hydrogen) atoms. The lowest BCUT2D eigenvalue weighted by Gasteiger charge is -2.11. The molecule has 17 heteroatoms. The van der Waals surface area contributed by atoms with Crippen molar-refractivity contribution >= 4 is 22.9 Å². The highest BCUT2D eigenvalue weighted by Crippen LogP contribution is 2.31. The lowest BCUT2D eigenvalue weighted by atomic mass is 10.1. The predicted octanol–water partition coefficient (Wildman–Crippen LogP) is 1.45. The smallest absolute Gasteiger partial charge is 0.337 e. The summed E-state index contributed by atoms with van der Waals surface area (Å²) >= 11 is 0. The van der Waals surface area contributed by atoms with Gasteiger partial charge in [0.1, 0.15) is 18.8 Å².